The number of hydrogen-bond acceptors (Lipinski definition) is 5. The van der Waals surface area contributed by atoms with E-state index in [1.807, 2.05) is 25.3 Å². The van der Waals surface area contributed by atoms with Gasteiger partial charge in [-0.3, -0.25) is 9.59 Å². The van der Waals surface area contributed by atoms with Crippen molar-refractivity contribution in [3.8, 4) is 0 Å². The maximum atomic E-state index is 12.9. The van der Waals surface area contributed by atoms with Crippen LogP contribution in [-0.2, 0) is 16.1 Å². The molecular formula is C18H24FN5O2S. The van der Waals surface area contributed by atoms with E-state index < -0.39 is 0 Å². The average Bonchev–Trinajstić information content (AvgIpc) is 3.12. The fraction of sp³-hybridized carbons (Fsp3) is 0.444. The monoisotopic (exact) mass is 393 g/mol. The first-order chi connectivity index (χ1) is 12.9. The molecule has 0 aliphatic heterocycles. The number of benzene rings is 1. The van der Waals surface area contributed by atoms with Gasteiger partial charge in [0.1, 0.15) is 12.1 Å². The molecule has 0 saturated heterocycles. The van der Waals surface area contributed by atoms with Gasteiger partial charge >= 0.3 is 0 Å². The Morgan fingerprint density at radius 1 is 1.30 bits per heavy atom. The van der Waals surface area contributed by atoms with Gasteiger partial charge in [0, 0.05) is 19.1 Å². The van der Waals surface area contributed by atoms with Gasteiger partial charge < -0.3 is 14.8 Å². The van der Waals surface area contributed by atoms with Crippen LogP contribution in [0, 0.1) is 5.82 Å². The first-order valence-electron chi connectivity index (χ1n) is 8.72. The number of carbonyl (C=O) groups excluding carboxylic acids is 2. The molecule has 1 N–H and O–H groups in total. The predicted molar refractivity (Wildman–Crippen MR) is 102 cm³/mol. The summed E-state index contributed by atoms with van der Waals surface area (Å²) in [5, 5.41) is 11.3. The lowest BCUT2D eigenvalue weighted by Gasteiger charge is -2.20. The lowest BCUT2D eigenvalue weighted by atomic mass is 10.2. The summed E-state index contributed by atoms with van der Waals surface area (Å²) in [4.78, 5) is 26.0. The van der Waals surface area contributed by atoms with Gasteiger partial charge in [0.05, 0.1) is 12.3 Å². The van der Waals surface area contributed by atoms with Crippen LogP contribution in [0.25, 0.3) is 0 Å². The third-order valence-corrected chi connectivity index (χ3v) is 4.84. The fourth-order valence-corrected chi connectivity index (χ4v) is 3.26. The zero-order valence-corrected chi connectivity index (χ0v) is 16.5. The normalized spacial score (nSPS) is 10.9. The number of nitrogens with zero attached hydrogens (tertiary/aromatic N) is 4. The summed E-state index contributed by atoms with van der Waals surface area (Å²) in [7, 11) is 0. The molecule has 2 amide bonds. The number of rotatable bonds is 9. The van der Waals surface area contributed by atoms with E-state index in [0.717, 1.165) is 5.56 Å². The number of amides is 2. The smallest absolute Gasteiger partial charge is 0.239 e. The standard InChI is InChI=1S/C18H24FN5O2S/c1-4-23(10-16(25)20-9-14-5-7-15(19)8-6-14)17(26)11-27-18-22-21-12-24(18)13(2)3/h5-8,12-13H,4,9-11H2,1-3H3,(H,20,25). The van der Waals surface area contributed by atoms with Gasteiger partial charge in [-0.05, 0) is 38.5 Å². The van der Waals surface area contributed by atoms with Crippen molar-refractivity contribution in [2.24, 2.45) is 0 Å². The highest BCUT2D eigenvalue weighted by Crippen LogP contribution is 2.19. The average molecular weight is 393 g/mol. The largest absolute Gasteiger partial charge is 0.350 e. The molecule has 0 bridgehead atoms. The molecule has 2 aromatic rings. The van der Waals surface area contributed by atoms with Crippen molar-refractivity contribution in [2.45, 2.75) is 38.5 Å². The van der Waals surface area contributed by atoms with Gasteiger partial charge in [-0.1, -0.05) is 23.9 Å². The first kappa shape index (κ1) is 20.9. The number of nitrogens with one attached hydrogen (secondary N) is 1. The van der Waals surface area contributed by atoms with Crippen molar-refractivity contribution >= 4 is 23.6 Å². The number of hydrogen-bond donors (Lipinski definition) is 1. The summed E-state index contributed by atoms with van der Waals surface area (Å²) in [5.41, 5.74) is 0.794. The van der Waals surface area contributed by atoms with Gasteiger partial charge in [-0.15, -0.1) is 10.2 Å². The summed E-state index contributed by atoms with van der Waals surface area (Å²) < 4.78 is 14.8. The van der Waals surface area contributed by atoms with E-state index in [4.69, 9.17) is 0 Å². The molecule has 27 heavy (non-hydrogen) atoms. The third-order valence-electron chi connectivity index (χ3n) is 3.89. The molecule has 0 saturated carbocycles. The highest BCUT2D eigenvalue weighted by Gasteiger charge is 2.17. The van der Waals surface area contributed by atoms with Crippen molar-refractivity contribution in [3.63, 3.8) is 0 Å². The van der Waals surface area contributed by atoms with Gasteiger partial charge in [0.25, 0.3) is 0 Å². The number of likely N-dealkylation sites (N-methyl/N-ethyl adjacent to an activating group) is 1. The van der Waals surface area contributed by atoms with E-state index in [1.54, 1.807) is 18.5 Å². The number of thioether (sulfide) groups is 1. The summed E-state index contributed by atoms with van der Waals surface area (Å²) in [6, 6.07) is 6.12. The van der Waals surface area contributed by atoms with Crippen LogP contribution in [0.2, 0.25) is 0 Å². The highest BCUT2D eigenvalue weighted by molar-refractivity contribution is 7.99. The Morgan fingerprint density at radius 3 is 2.63 bits per heavy atom. The Hall–Kier alpha value is -2.42. The lowest BCUT2D eigenvalue weighted by molar-refractivity contribution is -0.133. The van der Waals surface area contributed by atoms with E-state index in [0.29, 0.717) is 11.7 Å². The van der Waals surface area contributed by atoms with Crippen LogP contribution in [0.4, 0.5) is 4.39 Å². The van der Waals surface area contributed by atoms with Crippen LogP contribution in [0.3, 0.4) is 0 Å². The maximum absolute atomic E-state index is 12.9. The first-order valence-corrected chi connectivity index (χ1v) is 9.70. The molecule has 7 nitrogen and oxygen atoms in total. The van der Waals surface area contributed by atoms with Crippen LogP contribution in [-0.4, -0.2) is 50.3 Å². The molecule has 0 radical (unpaired) electrons. The number of carbonyl (C=O) groups is 2. The Morgan fingerprint density at radius 2 is 2.00 bits per heavy atom. The molecule has 0 unspecified atom stereocenters. The molecule has 1 aromatic carbocycles. The zero-order valence-electron chi connectivity index (χ0n) is 15.7. The van der Waals surface area contributed by atoms with Crippen molar-refractivity contribution in [1.82, 2.24) is 25.0 Å². The quantitative estimate of drug-likeness (QED) is 0.661. The SMILES string of the molecule is CCN(CC(=O)NCc1ccc(F)cc1)C(=O)CSc1nncn1C(C)C. The second-order valence-electron chi connectivity index (χ2n) is 6.21. The molecule has 0 fully saturated rings. The van der Waals surface area contributed by atoms with Gasteiger partial charge in [0.15, 0.2) is 5.16 Å². The predicted octanol–water partition coefficient (Wildman–Crippen LogP) is 2.26. The minimum absolute atomic E-state index is 0.0199. The molecule has 1 heterocycles. The summed E-state index contributed by atoms with van der Waals surface area (Å²) >= 11 is 1.30. The minimum atomic E-state index is -0.321. The van der Waals surface area contributed by atoms with Crippen molar-refractivity contribution in [3.05, 3.63) is 42.0 Å². The molecule has 0 aliphatic carbocycles. The molecule has 2 rings (SSSR count). The van der Waals surface area contributed by atoms with Gasteiger partial charge in [0.2, 0.25) is 11.8 Å². The zero-order chi connectivity index (χ0) is 19.8. The minimum Gasteiger partial charge on any atom is -0.350 e. The van der Waals surface area contributed by atoms with Gasteiger partial charge in [-0.2, -0.15) is 0 Å². The van der Waals surface area contributed by atoms with Crippen LogP contribution in [0.1, 0.15) is 32.4 Å². The summed E-state index contributed by atoms with van der Waals surface area (Å²) in [6.07, 6.45) is 1.64. The Balaban J connectivity index is 1.82. The van der Waals surface area contributed by atoms with Crippen LogP contribution in [0.5, 0.6) is 0 Å². The summed E-state index contributed by atoms with van der Waals surface area (Å²) in [6.45, 7) is 6.55. The Bertz CT molecular complexity index is 763. The molecule has 146 valence electrons. The third kappa shape index (κ3) is 6.35. The maximum Gasteiger partial charge on any atom is 0.239 e. The van der Waals surface area contributed by atoms with Crippen molar-refractivity contribution in [1.29, 1.82) is 0 Å². The number of halogens is 1. The molecular weight excluding hydrogens is 369 g/mol. The molecule has 0 aliphatic rings. The number of aromatic nitrogens is 3. The lowest BCUT2D eigenvalue weighted by Crippen LogP contribution is -2.41. The van der Waals surface area contributed by atoms with E-state index in [9.17, 15) is 14.0 Å². The Labute approximate surface area is 162 Å². The van der Waals surface area contributed by atoms with Gasteiger partial charge in [-0.25, -0.2) is 4.39 Å². The van der Waals surface area contributed by atoms with E-state index in [-0.39, 0.29) is 42.5 Å². The second kappa shape index (κ2) is 10.1. The fourth-order valence-electron chi connectivity index (χ4n) is 2.32. The van der Waals surface area contributed by atoms with Crippen LogP contribution in [0.15, 0.2) is 35.7 Å². The van der Waals surface area contributed by atoms with Crippen molar-refractivity contribution < 1.29 is 14.0 Å². The van der Waals surface area contributed by atoms with Crippen LogP contribution >= 0.6 is 11.8 Å². The second-order valence-corrected chi connectivity index (χ2v) is 7.16. The molecule has 9 heteroatoms. The van der Waals surface area contributed by atoms with E-state index >= 15 is 0 Å². The molecule has 0 atom stereocenters. The highest BCUT2D eigenvalue weighted by atomic mass is 32.2. The topological polar surface area (TPSA) is 80.1 Å². The van der Waals surface area contributed by atoms with E-state index in [2.05, 4.69) is 15.5 Å². The molecule has 0 spiro atoms. The van der Waals surface area contributed by atoms with Crippen molar-refractivity contribution in [2.75, 3.05) is 18.8 Å². The van der Waals surface area contributed by atoms with Crippen LogP contribution < -0.4 is 5.32 Å². The molecule has 1 aromatic heterocycles. The Kier molecular flexibility index (Phi) is 7.78. The van der Waals surface area contributed by atoms with E-state index in [1.165, 1.54) is 28.8 Å². The summed E-state index contributed by atoms with van der Waals surface area (Å²) in [5.74, 6) is -0.536.